The van der Waals surface area contributed by atoms with Crippen LogP contribution in [0.2, 0.25) is 0 Å². The molecule has 0 aromatic carbocycles. The van der Waals surface area contributed by atoms with Crippen molar-refractivity contribution in [2.75, 3.05) is 5.73 Å². The maximum atomic E-state index is 13.1. The number of furan rings is 1. The highest BCUT2D eigenvalue weighted by molar-refractivity contribution is 5.55. The SMILES string of the molecule is Cc1nc(-c2ccoc2)nc(N)c1F. The van der Waals surface area contributed by atoms with Gasteiger partial charge in [0.05, 0.1) is 17.5 Å². The van der Waals surface area contributed by atoms with Gasteiger partial charge in [0, 0.05) is 0 Å². The molecule has 2 aromatic heterocycles. The van der Waals surface area contributed by atoms with Crippen LogP contribution >= 0.6 is 0 Å². The van der Waals surface area contributed by atoms with E-state index in [-0.39, 0.29) is 11.5 Å². The molecule has 0 amide bonds. The smallest absolute Gasteiger partial charge is 0.186 e. The number of rotatable bonds is 1. The maximum absolute atomic E-state index is 13.1. The molecule has 0 aliphatic rings. The fraction of sp³-hybridized carbons (Fsp3) is 0.111. The largest absolute Gasteiger partial charge is 0.472 e. The molecule has 0 bridgehead atoms. The monoisotopic (exact) mass is 193 g/mol. The Morgan fingerprint density at radius 3 is 2.79 bits per heavy atom. The van der Waals surface area contributed by atoms with Crippen molar-refractivity contribution in [3.8, 4) is 11.4 Å². The summed E-state index contributed by atoms with van der Waals surface area (Å²) in [6, 6.07) is 1.69. The molecular weight excluding hydrogens is 185 g/mol. The molecule has 2 aromatic rings. The van der Waals surface area contributed by atoms with E-state index in [0.717, 1.165) is 0 Å². The third-order valence-electron chi connectivity index (χ3n) is 1.82. The van der Waals surface area contributed by atoms with E-state index >= 15 is 0 Å². The van der Waals surface area contributed by atoms with E-state index in [1.807, 2.05) is 0 Å². The summed E-state index contributed by atoms with van der Waals surface area (Å²) in [6.07, 6.45) is 2.97. The summed E-state index contributed by atoms with van der Waals surface area (Å²) in [5.41, 5.74) is 6.28. The molecule has 0 spiro atoms. The van der Waals surface area contributed by atoms with Gasteiger partial charge in [0.2, 0.25) is 0 Å². The van der Waals surface area contributed by atoms with Crippen LogP contribution in [0, 0.1) is 12.7 Å². The number of halogens is 1. The van der Waals surface area contributed by atoms with Crippen LogP contribution in [-0.2, 0) is 0 Å². The minimum absolute atomic E-state index is 0.145. The van der Waals surface area contributed by atoms with Gasteiger partial charge in [0.15, 0.2) is 17.5 Å². The van der Waals surface area contributed by atoms with Crippen LogP contribution in [-0.4, -0.2) is 9.97 Å². The van der Waals surface area contributed by atoms with Crippen molar-refractivity contribution in [2.24, 2.45) is 0 Å². The summed E-state index contributed by atoms with van der Waals surface area (Å²) in [7, 11) is 0. The molecule has 0 radical (unpaired) electrons. The summed E-state index contributed by atoms with van der Waals surface area (Å²) in [6.45, 7) is 1.54. The highest BCUT2D eigenvalue weighted by Crippen LogP contribution is 2.19. The first-order valence-corrected chi connectivity index (χ1v) is 4.00. The van der Waals surface area contributed by atoms with E-state index in [0.29, 0.717) is 11.4 Å². The molecule has 4 nitrogen and oxygen atoms in total. The number of anilines is 1. The fourth-order valence-electron chi connectivity index (χ4n) is 1.10. The Balaban J connectivity index is 2.57. The molecule has 0 unspecified atom stereocenters. The fourth-order valence-corrected chi connectivity index (χ4v) is 1.10. The molecule has 2 heterocycles. The van der Waals surface area contributed by atoms with Crippen LogP contribution in [0.25, 0.3) is 11.4 Å². The Morgan fingerprint density at radius 1 is 1.43 bits per heavy atom. The first-order valence-electron chi connectivity index (χ1n) is 4.00. The first kappa shape index (κ1) is 8.68. The first-order chi connectivity index (χ1) is 6.68. The van der Waals surface area contributed by atoms with Crippen LogP contribution in [0.5, 0.6) is 0 Å². The molecule has 5 heteroatoms. The zero-order valence-electron chi connectivity index (χ0n) is 7.49. The summed E-state index contributed by atoms with van der Waals surface area (Å²) in [5, 5.41) is 0. The van der Waals surface area contributed by atoms with E-state index in [1.165, 1.54) is 19.5 Å². The van der Waals surface area contributed by atoms with Gasteiger partial charge in [-0.25, -0.2) is 14.4 Å². The Bertz CT molecular complexity index is 430. The Morgan fingerprint density at radius 2 is 2.21 bits per heavy atom. The minimum atomic E-state index is -0.572. The summed E-state index contributed by atoms with van der Waals surface area (Å²) >= 11 is 0. The van der Waals surface area contributed by atoms with Crippen molar-refractivity contribution in [2.45, 2.75) is 6.92 Å². The van der Waals surface area contributed by atoms with Crippen LogP contribution in [0.1, 0.15) is 5.69 Å². The van der Waals surface area contributed by atoms with Gasteiger partial charge in [-0.1, -0.05) is 0 Å². The molecule has 0 atom stereocenters. The van der Waals surface area contributed by atoms with E-state index in [4.69, 9.17) is 10.2 Å². The van der Waals surface area contributed by atoms with Gasteiger partial charge < -0.3 is 10.2 Å². The average molecular weight is 193 g/mol. The minimum Gasteiger partial charge on any atom is -0.472 e. The second kappa shape index (κ2) is 3.10. The number of nitrogens with zero attached hydrogens (tertiary/aromatic N) is 2. The third-order valence-corrected chi connectivity index (χ3v) is 1.82. The van der Waals surface area contributed by atoms with Gasteiger partial charge in [-0.3, -0.25) is 0 Å². The summed E-state index contributed by atoms with van der Waals surface area (Å²) in [5.74, 6) is -0.346. The van der Waals surface area contributed by atoms with E-state index in [2.05, 4.69) is 9.97 Å². The van der Waals surface area contributed by atoms with Crippen LogP contribution in [0.15, 0.2) is 23.0 Å². The van der Waals surface area contributed by atoms with Gasteiger partial charge in [-0.05, 0) is 13.0 Å². The molecule has 0 aliphatic carbocycles. The molecule has 0 fully saturated rings. The molecule has 0 saturated carbocycles. The Labute approximate surface area is 79.6 Å². The van der Waals surface area contributed by atoms with Crippen molar-refractivity contribution in [3.05, 3.63) is 30.1 Å². The molecule has 2 N–H and O–H groups in total. The van der Waals surface area contributed by atoms with Crippen molar-refractivity contribution in [1.82, 2.24) is 9.97 Å². The lowest BCUT2D eigenvalue weighted by Gasteiger charge is -2.01. The van der Waals surface area contributed by atoms with Crippen molar-refractivity contribution < 1.29 is 8.81 Å². The zero-order valence-corrected chi connectivity index (χ0v) is 7.49. The number of nitrogens with two attached hydrogens (primary N) is 1. The third kappa shape index (κ3) is 1.32. The summed E-state index contributed by atoms with van der Waals surface area (Å²) in [4.78, 5) is 7.76. The van der Waals surface area contributed by atoms with Crippen LogP contribution in [0.4, 0.5) is 10.2 Å². The van der Waals surface area contributed by atoms with E-state index in [9.17, 15) is 4.39 Å². The Hall–Kier alpha value is -1.91. The number of aryl methyl sites for hydroxylation is 1. The zero-order chi connectivity index (χ0) is 10.1. The highest BCUT2D eigenvalue weighted by atomic mass is 19.1. The number of hydrogen-bond acceptors (Lipinski definition) is 4. The number of hydrogen-bond donors (Lipinski definition) is 1. The van der Waals surface area contributed by atoms with Gasteiger partial charge in [-0.15, -0.1) is 0 Å². The van der Waals surface area contributed by atoms with Gasteiger partial charge in [0.1, 0.15) is 6.26 Å². The summed E-state index contributed by atoms with van der Waals surface area (Å²) < 4.78 is 17.9. The number of aromatic nitrogens is 2. The second-order valence-electron chi connectivity index (χ2n) is 2.84. The topological polar surface area (TPSA) is 64.9 Å². The predicted molar refractivity (Wildman–Crippen MR) is 48.8 cm³/mol. The molecule has 0 aliphatic heterocycles. The molecule has 72 valence electrons. The van der Waals surface area contributed by atoms with Gasteiger partial charge in [-0.2, -0.15) is 0 Å². The molecule has 0 saturated heterocycles. The molecule has 14 heavy (non-hydrogen) atoms. The molecule has 2 rings (SSSR count). The van der Waals surface area contributed by atoms with Crippen molar-refractivity contribution in [1.29, 1.82) is 0 Å². The predicted octanol–water partition coefficient (Wildman–Crippen LogP) is 1.77. The maximum Gasteiger partial charge on any atom is 0.186 e. The molecular formula is C9H8FN3O. The lowest BCUT2D eigenvalue weighted by atomic mass is 10.3. The van der Waals surface area contributed by atoms with Gasteiger partial charge >= 0.3 is 0 Å². The second-order valence-corrected chi connectivity index (χ2v) is 2.84. The lowest BCUT2D eigenvalue weighted by molar-refractivity contribution is 0.567. The normalized spacial score (nSPS) is 10.4. The quantitative estimate of drug-likeness (QED) is 0.749. The van der Waals surface area contributed by atoms with Gasteiger partial charge in [0.25, 0.3) is 0 Å². The van der Waals surface area contributed by atoms with Crippen LogP contribution < -0.4 is 5.73 Å². The van der Waals surface area contributed by atoms with Crippen molar-refractivity contribution >= 4 is 5.82 Å². The number of nitrogen functional groups attached to an aromatic ring is 1. The van der Waals surface area contributed by atoms with E-state index in [1.54, 1.807) is 6.07 Å². The standard InChI is InChI=1S/C9H8FN3O/c1-5-7(10)8(11)13-9(12-5)6-2-3-14-4-6/h2-4H,1H3,(H2,11,12,13). The van der Waals surface area contributed by atoms with Crippen molar-refractivity contribution in [3.63, 3.8) is 0 Å². The highest BCUT2D eigenvalue weighted by Gasteiger charge is 2.10. The average Bonchev–Trinajstić information content (AvgIpc) is 2.66. The lowest BCUT2D eigenvalue weighted by Crippen LogP contribution is -2.02. The van der Waals surface area contributed by atoms with E-state index < -0.39 is 5.82 Å². The Kier molecular flexibility index (Phi) is 1.92. The van der Waals surface area contributed by atoms with Crippen LogP contribution in [0.3, 0.4) is 0 Å².